The minimum Gasteiger partial charge on any atom is -0.315 e. The van der Waals surface area contributed by atoms with Crippen molar-refractivity contribution in [1.29, 1.82) is 0 Å². The molecule has 1 N–H and O–H groups in total. The van der Waals surface area contributed by atoms with Gasteiger partial charge in [-0.25, -0.2) is 0 Å². The van der Waals surface area contributed by atoms with Gasteiger partial charge in [-0.15, -0.1) is 12.3 Å². The van der Waals surface area contributed by atoms with Gasteiger partial charge in [0.25, 0.3) is 0 Å². The third kappa shape index (κ3) is 3.56. The summed E-state index contributed by atoms with van der Waals surface area (Å²) in [6.07, 6.45) is 7.05. The summed E-state index contributed by atoms with van der Waals surface area (Å²) in [7, 11) is 0. The number of terminal acetylenes is 1. The van der Waals surface area contributed by atoms with Crippen molar-refractivity contribution in [3.63, 3.8) is 0 Å². The lowest BCUT2D eigenvalue weighted by Crippen LogP contribution is -2.17. The first kappa shape index (κ1) is 9.31. The van der Waals surface area contributed by atoms with Crippen LogP contribution in [0.25, 0.3) is 0 Å². The fraction of sp³-hybridized carbons (Fsp3) is 0.400. The van der Waals surface area contributed by atoms with Crippen LogP contribution in [0.2, 0.25) is 0 Å². The van der Waals surface area contributed by atoms with Crippen LogP contribution in [0.5, 0.6) is 0 Å². The lowest BCUT2D eigenvalue weighted by Gasteiger charge is -1.99. The van der Waals surface area contributed by atoms with Crippen molar-refractivity contribution in [1.82, 2.24) is 5.32 Å². The molecule has 0 saturated heterocycles. The van der Waals surface area contributed by atoms with Crippen LogP contribution in [-0.2, 0) is 6.42 Å². The summed E-state index contributed by atoms with van der Waals surface area (Å²) in [4.78, 5) is 0. The predicted octanol–water partition coefficient (Wildman–Crippen LogP) is 1.90. The molecule has 1 rings (SSSR count). The van der Waals surface area contributed by atoms with Crippen molar-refractivity contribution in [2.45, 2.75) is 12.8 Å². The maximum atomic E-state index is 5.12. The number of hydrogen-bond acceptors (Lipinski definition) is 2. The van der Waals surface area contributed by atoms with Gasteiger partial charge in [0.2, 0.25) is 0 Å². The van der Waals surface area contributed by atoms with Crippen LogP contribution in [0.3, 0.4) is 0 Å². The molecule has 2 heteroatoms. The fourth-order valence-corrected chi connectivity index (χ4v) is 1.66. The molecule has 0 saturated carbocycles. The second-order valence-corrected chi connectivity index (χ2v) is 3.37. The molecule has 12 heavy (non-hydrogen) atoms. The Bertz CT molecular complexity index is 233. The summed E-state index contributed by atoms with van der Waals surface area (Å²) in [5, 5.41) is 7.58. The van der Waals surface area contributed by atoms with Crippen molar-refractivity contribution < 1.29 is 0 Å². The largest absolute Gasteiger partial charge is 0.315 e. The minimum absolute atomic E-state index is 0.823. The van der Waals surface area contributed by atoms with Gasteiger partial charge in [-0.2, -0.15) is 11.3 Å². The van der Waals surface area contributed by atoms with E-state index in [0.717, 1.165) is 25.9 Å². The molecular weight excluding hydrogens is 166 g/mol. The number of thiophene rings is 1. The molecule has 1 aromatic heterocycles. The lowest BCUT2D eigenvalue weighted by atomic mass is 10.2. The van der Waals surface area contributed by atoms with Crippen molar-refractivity contribution in [2.75, 3.05) is 13.1 Å². The number of rotatable bonds is 5. The van der Waals surface area contributed by atoms with Gasteiger partial charge in [-0.05, 0) is 35.4 Å². The van der Waals surface area contributed by atoms with Crippen LogP contribution >= 0.6 is 11.3 Å². The third-order valence-electron chi connectivity index (χ3n) is 1.62. The molecule has 0 radical (unpaired) electrons. The Hall–Kier alpha value is -0.780. The van der Waals surface area contributed by atoms with Gasteiger partial charge in [-0.1, -0.05) is 0 Å². The maximum absolute atomic E-state index is 5.12. The topological polar surface area (TPSA) is 12.0 Å². The van der Waals surface area contributed by atoms with E-state index in [0.29, 0.717) is 0 Å². The fourth-order valence-electron chi connectivity index (χ4n) is 0.953. The Labute approximate surface area is 77.8 Å². The van der Waals surface area contributed by atoms with Gasteiger partial charge >= 0.3 is 0 Å². The van der Waals surface area contributed by atoms with E-state index in [2.05, 4.69) is 28.1 Å². The highest BCUT2D eigenvalue weighted by Crippen LogP contribution is 2.05. The Balaban J connectivity index is 2.01. The van der Waals surface area contributed by atoms with Gasteiger partial charge in [-0.3, -0.25) is 0 Å². The summed E-state index contributed by atoms with van der Waals surface area (Å²) in [6.45, 7) is 1.96. The average Bonchev–Trinajstić information content (AvgIpc) is 2.57. The number of nitrogens with one attached hydrogen (secondary N) is 1. The Morgan fingerprint density at radius 1 is 1.50 bits per heavy atom. The average molecular weight is 179 g/mol. The van der Waals surface area contributed by atoms with E-state index in [1.54, 1.807) is 11.3 Å². The normalized spacial score (nSPS) is 9.58. The predicted molar refractivity (Wildman–Crippen MR) is 54.3 cm³/mol. The van der Waals surface area contributed by atoms with E-state index in [4.69, 9.17) is 6.42 Å². The van der Waals surface area contributed by atoms with Crippen LogP contribution < -0.4 is 5.32 Å². The summed E-state index contributed by atoms with van der Waals surface area (Å²) in [5.41, 5.74) is 1.41. The second kappa shape index (κ2) is 5.82. The molecule has 0 amide bonds. The zero-order valence-electron chi connectivity index (χ0n) is 7.05. The summed E-state index contributed by atoms with van der Waals surface area (Å²) < 4.78 is 0. The smallest absolute Gasteiger partial charge is 0.0211 e. The molecular formula is C10H13NS. The summed E-state index contributed by atoms with van der Waals surface area (Å²) >= 11 is 1.75. The molecule has 0 aliphatic carbocycles. The second-order valence-electron chi connectivity index (χ2n) is 2.59. The van der Waals surface area contributed by atoms with Gasteiger partial charge in [0.15, 0.2) is 0 Å². The van der Waals surface area contributed by atoms with Gasteiger partial charge < -0.3 is 5.32 Å². The van der Waals surface area contributed by atoms with Crippen molar-refractivity contribution in [3.05, 3.63) is 22.4 Å². The monoisotopic (exact) mass is 179 g/mol. The molecule has 64 valence electrons. The van der Waals surface area contributed by atoms with E-state index in [1.807, 2.05) is 0 Å². The first-order chi connectivity index (χ1) is 5.93. The van der Waals surface area contributed by atoms with Crippen LogP contribution in [-0.4, -0.2) is 13.1 Å². The summed E-state index contributed by atoms with van der Waals surface area (Å²) in [5.74, 6) is 2.60. The minimum atomic E-state index is 0.823. The van der Waals surface area contributed by atoms with Crippen molar-refractivity contribution in [3.8, 4) is 12.3 Å². The zero-order chi connectivity index (χ0) is 8.65. The molecule has 0 bridgehead atoms. The lowest BCUT2D eigenvalue weighted by molar-refractivity contribution is 0.695. The van der Waals surface area contributed by atoms with E-state index in [9.17, 15) is 0 Å². The molecule has 0 aliphatic rings. The third-order valence-corrected chi connectivity index (χ3v) is 2.35. The standard InChI is InChI=1S/C10H13NS/c1-2-3-6-11-7-4-10-5-8-12-9-10/h1,5,8-9,11H,3-4,6-7H2. The van der Waals surface area contributed by atoms with E-state index in [-0.39, 0.29) is 0 Å². The summed E-state index contributed by atoms with van der Waals surface area (Å²) in [6, 6.07) is 2.16. The van der Waals surface area contributed by atoms with E-state index >= 15 is 0 Å². The molecule has 0 fully saturated rings. The van der Waals surface area contributed by atoms with E-state index in [1.165, 1.54) is 5.56 Å². The Morgan fingerprint density at radius 2 is 2.42 bits per heavy atom. The molecule has 0 aliphatic heterocycles. The molecule has 1 heterocycles. The number of hydrogen-bond donors (Lipinski definition) is 1. The highest BCUT2D eigenvalue weighted by atomic mass is 32.1. The van der Waals surface area contributed by atoms with Crippen LogP contribution in [0.1, 0.15) is 12.0 Å². The van der Waals surface area contributed by atoms with Gasteiger partial charge in [0, 0.05) is 13.0 Å². The highest BCUT2D eigenvalue weighted by molar-refractivity contribution is 7.07. The van der Waals surface area contributed by atoms with Crippen molar-refractivity contribution in [2.24, 2.45) is 0 Å². The van der Waals surface area contributed by atoms with Gasteiger partial charge in [0.05, 0.1) is 0 Å². The van der Waals surface area contributed by atoms with Crippen LogP contribution in [0.4, 0.5) is 0 Å². The Kier molecular flexibility index (Phi) is 4.51. The molecule has 1 aromatic rings. The maximum Gasteiger partial charge on any atom is 0.0211 e. The van der Waals surface area contributed by atoms with Crippen molar-refractivity contribution >= 4 is 11.3 Å². The van der Waals surface area contributed by atoms with E-state index < -0.39 is 0 Å². The van der Waals surface area contributed by atoms with Crippen LogP contribution in [0, 0.1) is 12.3 Å². The Morgan fingerprint density at radius 3 is 3.08 bits per heavy atom. The molecule has 0 aromatic carbocycles. The molecule has 0 spiro atoms. The van der Waals surface area contributed by atoms with Gasteiger partial charge in [0.1, 0.15) is 0 Å². The molecule has 0 atom stereocenters. The quantitative estimate of drug-likeness (QED) is 0.538. The first-order valence-corrected chi connectivity index (χ1v) is 5.03. The zero-order valence-corrected chi connectivity index (χ0v) is 7.86. The molecule has 0 unspecified atom stereocenters. The highest BCUT2D eigenvalue weighted by Gasteiger charge is 1.91. The first-order valence-electron chi connectivity index (χ1n) is 4.08. The van der Waals surface area contributed by atoms with Crippen LogP contribution in [0.15, 0.2) is 16.8 Å². The molecule has 1 nitrogen and oxygen atoms in total. The SMILES string of the molecule is C#CCCNCCc1ccsc1.